The van der Waals surface area contributed by atoms with E-state index in [1.54, 1.807) is 12.1 Å². The number of hydrogen-bond donors (Lipinski definition) is 2. The SMILES string of the molecule is C=C(C)c1ccccc1-n1c(N)c2c(cc1=O)C(=O)NC2=O. The van der Waals surface area contributed by atoms with E-state index in [0.717, 1.165) is 17.2 Å². The maximum atomic E-state index is 12.4. The van der Waals surface area contributed by atoms with Crippen molar-refractivity contribution in [2.75, 3.05) is 5.73 Å². The predicted molar refractivity (Wildman–Crippen MR) is 83.0 cm³/mol. The fraction of sp³-hybridized carbons (Fsp3) is 0.0625. The number of aromatic nitrogens is 1. The molecule has 0 atom stereocenters. The molecule has 1 aromatic carbocycles. The Morgan fingerprint density at radius 2 is 1.86 bits per heavy atom. The van der Waals surface area contributed by atoms with Crippen LogP contribution in [0.4, 0.5) is 5.82 Å². The molecule has 0 spiro atoms. The second-order valence-electron chi connectivity index (χ2n) is 5.07. The molecular weight excluding hydrogens is 282 g/mol. The van der Waals surface area contributed by atoms with Crippen molar-refractivity contribution < 1.29 is 9.59 Å². The maximum Gasteiger partial charge on any atom is 0.262 e. The zero-order valence-corrected chi connectivity index (χ0v) is 11.8. The van der Waals surface area contributed by atoms with E-state index in [4.69, 9.17) is 5.73 Å². The third kappa shape index (κ3) is 1.85. The highest BCUT2D eigenvalue weighted by Gasteiger charge is 2.32. The van der Waals surface area contributed by atoms with Gasteiger partial charge in [-0.05, 0) is 18.6 Å². The van der Waals surface area contributed by atoms with E-state index in [1.807, 2.05) is 19.1 Å². The van der Waals surface area contributed by atoms with Crippen LogP contribution in [0.3, 0.4) is 0 Å². The lowest BCUT2D eigenvalue weighted by molar-refractivity contribution is 0.0880. The Hall–Kier alpha value is -3.15. The van der Waals surface area contributed by atoms with Crippen molar-refractivity contribution >= 4 is 23.2 Å². The monoisotopic (exact) mass is 295 g/mol. The largest absolute Gasteiger partial charge is 0.384 e. The van der Waals surface area contributed by atoms with Gasteiger partial charge in [-0.3, -0.25) is 24.3 Å². The lowest BCUT2D eigenvalue weighted by Gasteiger charge is -2.15. The Morgan fingerprint density at radius 3 is 2.55 bits per heavy atom. The van der Waals surface area contributed by atoms with E-state index in [1.165, 1.54) is 4.57 Å². The number of benzene rings is 1. The Labute approximate surface area is 125 Å². The fourth-order valence-corrected chi connectivity index (χ4v) is 2.56. The lowest BCUT2D eigenvalue weighted by atomic mass is 10.1. The number of nitrogens with zero attached hydrogens (tertiary/aromatic N) is 1. The first-order valence-corrected chi connectivity index (χ1v) is 6.58. The van der Waals surface area contributed by atoms with Gasteiger partial charge in [0.15, 0.2) is 0 Å². The number of allylic oxidation sites excluding steroid dienone is 1. The number of amides is 2. The first kappa shape index (κ1) is 13.8. The molecule has 110 valence electrons. The molecular formula is C16H13N3O3. The number of nitrogen functional groups attached to an aromatic ring is 1. The molecule has 1 aliphatic rings. The number of nitrogens with two attached hydrogens (primary N) is 1. The number of rotatable bonds is 2. The van der Waals surface area contributed by atoms with Crippen LogP contribution in [0, 0.1) is 0 Å². The maximum absolute atomic E-state index is 12.4. The van der Waals surface area contributed by atoms with Crippen molar-refractivity contribution in [3.05, 3.63) is 64.0 Å². The van der Waals surface area contributed by atoms with Gasteiger partial charge in [0, 0.05) is 11.6 Å². The summed E-state index contributed by atoms with van der Waals surface area (Å²) < 4.78 is 1.22. The van der Waals surface area contributed by atoms with Gasteiger partial charge in [-0.15, -0.1) is 0 Å². The zero-order valence-electron chi connectivity index (χ0n) is 11.8. The minimum atomic E-state index is -0.607. The Balaban J connectivity index is 2.38. The van der Waals surface area contributed by atoms with Gasteiger partial charge in [0.25, 0.3) is 17.4 Å². The van der Waals surface area contributed by atoms with Crippen LogP contribution >= 0.6 is 0 Å². The van der Waals surface area contributed by atoms with E-state index < -0.39 is 17.4 Å². The average Bonchev–Trinajstić information content (AvgIpc) is 2.74. The van der Waals surface area contributed by atoms with Crippen LogP contribution in [-0.2, 0) is 0 Å². The topological polar surface area (TPSA) is 94.2 Å². The summed E-state index contributed by atoms with van der Waals surface area (Å²) in [5.41, 5.74) is 7.58. The summed E-state index contributed by atoms with van der Waals surface area (Å²) in [5.74, 6) is -1.26. The molecule has 1 aromatic heterocycles. The van der Waals surface area contributed by atoms with Crippen LogP contribution in [0.5, 0.6) is 0 Å². The quantitative estimate of drug-likeness (QED) is 0.817. The number of carbonyl (C=O) groups excluding carboxylic acids is 2. The standard InChI is InChI=1S/C16H13N3O3/c1-8(2)9-5-3-4-6-11(9)19-12(20)7-10-13(14(19)17)16(22)18-15(10)21/h3-7H,1,17H2,2H3,(H,18,21,22). The number of nitrogens with one attached hydrogen (secondary N) is 1. The molecule has 0 aliphatic carbocycles. The number of carbonyl (C=O) groups is 2. The Bertz CT molecular complexity index is 909. The molecule has 6 heteroatoms. The summed E-state index contributed by atoms with van der Waals surface area (Å²) in [5, 5.41) is 2.14. The van der Waals surface area contributed by atoms with Crippen LogP contribution in [-0.4, -0.2) is 16.4 Å². The van der Waals surface area contributed by atoms with Gasteiger partial charge in [0.1, 0.15) is 5.82 Å². The van der Waals surface area contributed by atoms with Gasteiger partial charge in [-0.25, -0.2) is 0 Å². The molecule has 22 heavy (non-hydrogen) atoms. The average molecular weight is 295 g/mol. The van der Waals surface area contributed by atoms with Crippen molar-refractivity contribution in [3.8, 4) is 5.69 Å². The molecule has 1 aliphatic heterocycles. The summed E-state index contributed by atoms with van der Waals surface area (Å²) >= 11 is 0. The number of pyridine rings is 1. The van der Waals surface area contributed by atoms with Crippen molar-refractivity contribution in [2.24, 2.45) is 0 Å². The van der Waals surface area contributed by atoms with Crippen LogP contribution in [0.1, 0.15) is 33.2 Å². The van der Waals surface area contributed by atoms with E-state index in [0.29, 0.717) is 5.69 Å². The third-order valence-corrected chi connectivity index (χ3v) is 3.56. The van der Waals surface area contributed by atoms with Crippen LogP contribution < -0.4 is 16.6 Å². The van der Waals surface area contributed by atoms with E-state index >= 15 is 0 Å². The highest BCUT2D eigenvalue weighted by Crippen LogP contribution is 2.26. The summed E-state index contributed by atoms with van der Waals surface area (Å²) in [6.07, 6.45) is 0. The van der Waals surface area contributed by atoms with E-state index in [-0.39, 0.29) is 16.9 Å². The lowest BCUT2D eigenvalue weighted by Crippen LogP contribution is -2.24. The van der Waals surface area contributed by atoms with E-state index in [9.17, 15) is 14.4 Å². The molecule has 2 aromatic rings. The third-order valence-electron chi connectivity index (χ3n) is 3.56. The molecule has 3 N–H and O–H groups in total. The zero-order chi connectivity index (χ0) is 16.0. The van der Waals surface area contributed by atoms with Gasteiger partial charge in [0.05, 0.1) is 16.8 Å². The van der Waals surface area contributed by atoms with Crippen molar-refractivity contribution in [1.29, 1.82) is 0 Å². The van der Waals surface area contributed by atoms with Crippen LogP contribution in [0.2, 0.25) is 0 Å². The van der Waals surface area contributed by atoms with Gasteiger partial charge in [-0.1, -0.05) is 24.8 Å². The normalized spacial score (nSPS) is 13.0. The molecule has 0 saturated heterocycles. The molecule has 0 unspecified atom stereocenters. The molecule has 2 amide bonds. The van der Waals surface area contributed by atoms with Crippen LogP contribution in [0.15, 0.2) is 41.7 Å². The first-order chi connectivity index (χ1) is 10.4. The molecule has 0 fully saturated rings. The minimum Gasteiger partial charge on any atom is -0.384 e. The highest BCUT2D eigenvalue weighted by molar-refractivity contribution is 6.23. The number of imide groups is 1. The number of anilines is 1. The van der Waals surface area contributed by atoms with Gasteiger partial charge < -0.3 is 5.73 Å². The van der Waals surface area contributed by atoms with Crippen LogP contribution in [0.25, 0.3) is 11.3 Å². The smallest absolute Gasteiger partial charge is 0.262 e. The molecule has 0 radical (unpaired) electrons. The van der Waals surface area contributed by atoms with Crippen molar-refractivity contribution in [1.82, 2.24) is 9.88 Å². The molecule has 0 bridgehead atoms. The second kappa shape index (κ2) is 4.70. The number of fused-ring (bicyclic) bond motifs is 1. The second-order valence-corrected chi connectivity index (χ2v) is 5.07. The number of para-hydroxylation sites is 1. The minimum absolute atomic E-state index is 0.0107. The molecule has 6 nitrogen and oxygen atoms in total. The van der Waals surface area contributed by atoms with E-state index in [2.05, 4.69) is 11.9 Å². The fourth-order valence-electron chi connectivity index (χ4n) is 2.56. The van der Waals surface area contributed by atoms with Crippen molar-refractivity contribution in [2.45, 2.75) is 6.92 Å². The number of hydrogen-bond acceptors (Lipinski definition) is 4. The summed E-state index contributed by atoms with van der Waals surface area (Å²) in [7, 11) is 0. The Kier molecular flexibility index (Phi) is 2.95. The first-order valence-electron chi connectivity index (χ1n) is 6.58. The molecule has 0 saturated carbocycles. The van der Waals surface area contributed by atoms with Gasteiger partial charge in [0.2, 0.25) is 0 Å². The summed E-state index contributed by atoms with van der Waals surface area (Å²) in [6.45, 7) is 5.69. The van der Waals surface area contributed by atoms with Gasteiger partial charge >= 0.3 is 0 Å². The van der Waals surface area contributed by atoms with Crippen molar-refractivity contribution in [3.63, 3.8) is 0 Å². The highest BCUT2D eigenvalue weighted by atomic mass is 16.2. The molecule has 2 heterocycles. The summed E-state index contributed by atoms with van der Waals surface area (Å²) in [4.78, 5) is 35.9. The molecule has 3 rings (SSSR count). The summed E-state index contributed by atoms with van der Waals surface area (Å²) in [6, 6.07) is 8.22. The predicted octanol–water partition coefficient (Wildman–Crippen LogP) is 1.34. The van der Waals surface area contributed by atoms with Gasteiger partial charge in [-0.2, -0.15) is 0 Å². The Morgan fingerprint density at radius 1 is 1.18 bits per heavy atom.